The molecule has 0 aliphatic heterocycles. The normalized spacial score (nSPS) is 10.7. The van der Waals surface area contributed by atoms with Crippen LogP contribution in [0.4, 0.5) is 10.1 Å². The number of carbonyl (C=O) groups is 2. The van der Waals surface area contributed by atoms with Crippen LogP contribution in [-0.4, -0.2) is 40.1 Å². The molecule has 2 amide bonds. The second kappa shape index (κ2) is 9.13. The van der Waals surface area contributed by atoms with Crippen LogP contribution < -0.4 is 10.7 Å². The Morgan fingerprint density at radius 1 is 1.06 bits per heavy atom. The zero-order valence-electron chi connectivity index (χ0n) is 18.7. The number of nitrogens with zero attached hydrogens (tertiary/aromatic N) is 3. The Morgan fingerprint density at radius 2 is 1.69 bits per heavy atom. The number of para-hydroxylation sites is 1. The van der Waals surface area contributed by atoms with Crippen molar-refractivity contribution in [1.29, 1.82) is 0 Å². The third kappa shape index (κ3) is 4.74. The summed E-state index contributed by atoms with van der Waals surface area (Å²) in [7, 11) is 1.41. The number of aryl methyl sites for hydroxylation is 4. The molecule has 3 rings (SSSR count). The van der Waals surface area contributed by atoms with E-state index in [2.05, 4.69) is 10.4 Å². The maximum atomic E-state index is 14.2. The van der Waals surface area contributed by atoms with E-state index in [0.717, 1.165) is 21.6 Å². The first-order valence-corrected chi connectivity index (χ1v) is 10.1. The third-order valence-electron chi connectivity index (χ3n) is 5.06. The van der Waals surface area contributed by atoms with Crippen molar-refractivity contribution in [1.82, 2.24) is 14.7 Å². The summed E-state index contributed by atoms with van der Waals surface area (Å²) in [5, 5.41) is 6.92. The molecule has 0 atom stereocenters. The molecule has 0 bridgehead atoms. The molecule has 0 saturated carbocycles. The van der Waals surface area contributed by atoms with Crippen LogP contribution in [0.15, 0.2) is 47.3 Å². The molecule has 7 nitrogen and oxygen atoms in total. The van der Waals surface area contributed by atoms with Crippen LogP contribution in [0, 0.1) is 33.5 Å². The lowest BCUT2D eigenvalue weighted by Gasteiger charge is -2.19. The predicted octanol–water partition coefficient (Wildman–Crippen LogP) is 3.32. The summed E-state index contributed by atoms with van der Waals surface area (Å²) in [6.07, 6.45) is 0. The van der Waals surface area contributed by atoms with Crippen molar-refractivity contribution in [3.63, 3.8) is 0 Å². The molecule has 1 heterocycles. The van der Waals surface area contributed by atoms with E-state index < -0.39 is 28.8 Å². The van der Waals surface area contributed by atoms with Crippen molar-refractivity contribution in [2.24, 2.45) is 0 Å². The highest BCUT2D eigenvalue weighted by Crippen LogP contribution is 2.22. The van der Waals surface area contributed by atoms with Gasteiger partial charge in [0.05, 0.1) is 6.54 Å². The summed E-state index contributed by atoms with van der Waals surface area (Å²) in [5.74, 6) is -1.67. The molecule has 0 aliphatic rings. The zero-order valence-corrected chi connectivity index (χ0v) is 18.7. The van der Waals surface area contributed by atoms with Gasteiger partial charge in [-0.25, -0.2) is 9.07 Å². The third-order valence-corrected chi connectivity index (χ3v) is 5.06. The topological polar surface area (TPSA) is 84.3 Å². The Hall–Kier alpha value is -3.81. The van der Waals surface area contributed by atoms with E-state index in [0.29, 0.717) is 11.4 Å². The minimum absolute atomic E-state index is 0.116. The van der Waals surface area contributed by atoms with E-state index >= 15 is 0 Å². The zero-order chi connectivity index (χ0) is 23.6. The molecule has 0 saturated heterocycles. The van der Waals surface area contributed by atoms with Crippen LogP contribution in [0.1, 0.15) is 32.9 Å². The smallest absolute Gasteiger partial charge is 0.278 e. The summed E-state index contributed by atoms with van der Waals surface area (Å²) in [4.78, 5) is 39.0. The Morgan fingerprint density at radius 3 is 2.31 bits per heavy atom. The number of benzene rings is 2. The van der Waals surface area contributed by atoms with Gasteiger partial charge in [-0.3, -0.25) is 14.4 Å². The number of nitrogens with one attached hydrogen (secondary N) is 1. The molecule has 0 aliphatic carbocycles. The van der Waals surface area contributed by atoms with Crippen molar-refractivity contribution in [2.75, 3.05) is 18.9 Å². The van der Waals surface area contributed by atoms with Gasteiger partial charge >= 0.3 is 0 Å². The van der Waals surface area contributed by atoms with Crippen LogP contribution in [0.2, 0.25) is 0 Å². The molecule has 0 unspecified atom stereocenters. The number of hydrogen-bond donors (Lipinski definition) is 1. The quantitative estimate of drug-likeness (QED) is 0.665. The average Bonchev–Trinajstić information content (AvgIpc) is 2.71. The van der Waals surface area contributed by atoms with Crippen LogP contribution >= 0.6 is 0 Å². The van der Waals surface area contributed by atoms with Crippen LogP contribution in [-0.2, 0) is 4.79 Å². The van der Waals surface area contributed by atoms with Gasteiger partial charge in [-0.2, -0.15) is 5.10 Å². The number of anilines is 1. The first kappa shape index (κ1) is 22.9. The summed E-state index contributed by atoms with van der Waals surface area (Å²) in [5.41, 5.74) is 3.11. The highest BCUT2D eigenvalue weighted by molar-refractivity contribution is 5.98. The second-order valence-electron chi connectivity index (χ2n) is 7.84. The number of carbonyl (C=O) groups excluding carboxylic acids is 2. The maximum absolute atomic E-state index is 14.2. The van der Waals surface area contributed by atoms with Gasteiger partial charge in [-0.1, -0.05) is 29.8 Å². The molecule has 0 spiro atoms. The number of amides is 2. The minimum Gasteiger partial charge on any atom is -0.331 e. The summed E-state index contributed by atoms with van der Waals surface area (Å²) in [6, 6.07) is 11.1. The molecular formula is C24H25FN4O3. The van der Waals surface area contributed by atoms with Crippen molar-refractivity contribution in [2.45, 2.75) is 27.7 Å². The molecular weight excluding hydrogens is 411 g/mol. The number of likely N-dealkylation sites (N-methyl/N-ethyl adjacent to an activating group) is 1. The SMILES string of the molecule is Cc1cc(C)c(NC(=O)CN(C)C(=O)c2nn(-c3ccccc3F)c(C)cc2=O)c(C)c1. The van der Waals surface area contributed by atoms with E-state index in [-0.39, 0.29) is 12.2 Å². The van der Waals surface area contributed by atoms with Gasteiger partial charge in [0.15, 0.2) is 5.69 Å². The van der Waals surface area contributed by atoms with Gasteiger partial charge in [-0.05, 0) is 51.0 Å². The lowest BCUT2D eigenvalue weighted by atomic mass is 10.1. The van der Waals surface area contributed by atoms with E-state index in [1.807, 2.05) is 32.9 Å². The molecule has 8 heteroatoms. The van der Waals surface area contributed by atoms with Crippen LogP contribution in [0.25, 0.3) is 5.69 Å². The maximum Gasteiger partial charge on any atom is 0.278 e. The van der Waals surface area contributed by atoms with Gasteiger partial charge < -0.3 is 10.2 Å². The number of aromatic nitrogens is 2. The fraction of sp³-hybridized carbons (Fsp3) is 0.250. The Kier molecular flexibility index (Phi) is 6.53. The largest absolute Gasteiger partial charge is 0.331 e. The standard InChI is InChI=1S/C24H25FN4O3/c1-14-10-15(2)22(16(3)11-14)26-21(31)13-28(5)24(32)23-20(30)12-17(4)29(27-23)19-9-7-6-8-18(19)25/h6-12H,13H2,1-5H3,(H,26,31). The van der Waals surface area contributed by atoms with Gasteiger partial charge in [-0.15, -0.1) is 0 Å². The van der Waals surface area contributed by atoms with E-state index in [1.165, 1.54) is 36.0 Å². The number of halogens is 1. The highest BCUT2D eigenvalue weighted by atomic mass is 19.1. The summed E-state index contributed by atoms with van der Waals surface area (Å²) < 4.78 is 15.4. The molecule has 1 aromatic heterocycles. The summed E-state index contributed by atoms with van der Waals surface area (Å²) in [6.45, 7) is 7.08. The molecule has 2 aromatic carbocycles. The van der Waals surface area contributed by atoms with Gasteiger partial charge in [0.2, 0.25) is 11.3 Å². The average molecular weight is 436 g/mol. The van der Waals surface area contributed by atoms with Crippen LogP contribution in [0.5, 0.6) is 0 Å². The molecule has 1 N–H and O–H groups in total. The molecule has 32 heavy (non-hydrogen) atoms. The lowest BCUT2D eigenvalue weighted by molar-refractivity contribution is -0.116. The van der Waals surface area contributed by atoms with Crippen molar-refractivity contribution >= 4 is 17.5 Å². The first-order valence-electron chi connectivity index (χ1n) is 10.1. The lowest BCUT2D eigenvalue weighted by Crippen LogP contribution is -2.38. The Bertz CT molecular complexity index is 1240. The van der Waals surface area contributed by atoms with E-state index in [4.69, 9.17) is 0 Å². The highest BCUT2D eigenvalue weighted by Gasteiger charge is 2.22. The fourth-order valence-electron chi connectivity index (χ4n) is 3.59. The summed E-state index contributed by atoms with van der Waals surface area (Å²) >= 11 is 0. The molecule has 3 aromatic rings. The van der Waals surface area contributed by atoms with Crippen molar-refractivity contribution < 1.29 is 14.0 Å². The Labute approximate surface area is 185 Å². The van der Waals surface area contributed by atoms with Crippen molar-refractivity contribution in [3.8, 4) is 5.69 Å². The molecule has 166 valence electrons. The van der Waals surface area contributed by atoms with Crippen molar-refractivity contribution in [3.05, 3.63) is 86.6 Å². The Balaban J connectivity index is 1.83. The molecule has 0 fully saturated rings. The number of rotatable bonds is 5. The fourth-order valence-corrected chi connectivity index (χ4v) is 3.59. The predicted molar refractivity (Wildman–Crippen MR) is 121 cm³/mol. The minimum atomic E-state index is -0.729. The van der Waals surface area contributed by atoms with Gasteiger partial charge in [0, 0.05) is 24.5 Å². The van der Waals surface area contributed by atoms with Crippen LogP contribution in [0.3, 0.4) is 0 Å². The monoisotopic (exact) mass is 436 g/mol. The number of hydrogen-bond acceptors (Lipinski definition) is 4. The first-order chi connectivity index (χ1) is 15.1. The van der Waals surface area contributed by atoms with E-state index in [9.17, 15) is 18.8 Å². The van der Waals surface area contributed by atoms with Gasteiger partial charge in [0.1, 0.15) is 11.5 Å². The van der Waals surface area contributed by atoms with E-state index in [1.54, 1.807) is 13.0 Å². The second-order valence-corrected chi connectivity index (χ2v) is 7.84. The molecule has 0 radical (unpaired) electrons. The van der Waals surface area contributed by atoms with Gasteiger partial charge in [0.25, 0.3) is 5.91 Å².